The van der Waals surface area contributed by atoms with Gasteiger partial charge in [-0.3, -0.25) is 9.59 Å². The molecule has 110 valence electrons. The summed E-state index contributed by atoms with van der Waals surface area (Å²) in [6, 6.07) is 0. The molecule has 0 aliphatic carbocycles. The molecule has 1 aliphatic rings. The van der Waals surface area contributed by atoms with Crippen molar-refractivity contribution in [1.29, 1.82) is 0 Å². The van der Waals surface area contributed by atoms with E-state index in [1.54, 1.807) is 11.8 Å². The summed E-state index contributed by atoms with van der Waals surface area (Å²) in [5.41, 5.74) is 0. The summed E-state index contributed by atoms with van der Waals surface area (Å²) in [6.07, 6.45) is 0.666. The standard InChI is InChI=1S/C13H24N2O3S/c1-4-14-11(16)6-5-7-15-12(17)8-10(13(15)18)19-9(2)3/h9-10,13,18H,4-8H2,1-3H3,(H,14,16). The maximum absolute atomic E-state index is 11.8. The number of carbonyl (C=O) groups excluding carboxylic acids is 2. The van der Waals surface area contributed by atoms with Gasteiger partial charge in [0.1, 0.15) is 6.23 Å². The molecule has 1 saturated heterocycles. The maximum atomic E-state index is 11.8. The van der Waals surface area contributed by atoms with E-state index in [9.17, 15) is 14.7 Å². The third-order valence-electron chi connectivity index (χ3n) is 2.97. The van der Waals surface area contributed by atoms with Crippen molar-refractivity contribution in [2.45, 2.75) is 56.8 Å². The first-order valence-electron chi connectivity index (χ1n) is 6.85. The summed E-state index contributed by atoms with van der Waals surface area (Å²) in [7, 11) is 0. The van der Waals surface area contributed by atoms with Crippen LogP contribution in [0, 0.1) is 0 Å². The van der Waals surface area contributed by atoms with Crippen LogP contribution in [0.15, 0.2) is 0 Å². The molecular formula is C13H24N2O3S. The normalized spacial score (nSPS) is 23.2. The van der Waals surface area contributed by atoms with Gasteiger partial charge in [-0.2, -0.15) is 11.8 Å². The van der Waals surface area contributed by atoms with E-state index >= 15 is 0 Å². The molecule has 0 aromatic heterocycles. The van der Waals surface area contributed by atoms with Crippen molar-refractivity contribution in [2.24, 2.45) is 0 Å². The number of nitrogens with one attached hydrogen (secondary N) is 1. The lowest BCUT2D eigenvalue weighted by Gasteiger charge is -2.23. The minimum Gasteiger partial charge on any atom is -0.372 e. The van der Waals surface area contributed by atoms with Gasteiger partial charge < -0.3 is 15.3 Å². The van der Waals surface area contributed by atoms with Crippen LogP contribution in [0.2, 0.25) is 0 Å². The second kappa shape index (κ2) is 7.75. The summed E-state index contributed by atoms with van der Waals surface area (Å²) in [5, 5.41) is 13.2. The summed E-state index contributed by atoms with van der Waals surface area (Å²) in [4.78, 5) is 24.6. The number of rotatable bonds is 7. The second-order valence-corrected chi connectivity index (χ2v) is 6.81. The van der Waals surface area contributed by atoms with Gasteiger partial charge >= 0.3 is 0 Å². The molecule has 1 rings (SSSR count). The average Bonchev–Trinajstić information content (AvgIpc) is 2.56. The highest BCUT2D eigenvalue weighted by molar-refractivity contribution is 8.00. The molecule has 1 aliphatic heterocycles. The molecule has 2 amide bonds. The van der Waals surface area contributed by atoms with E-state index < -0.39 is 6.23 Å². The van der Waals surface area contributed by atoms with E-state index in [4.69, 9.17) is 0 Å². The van der Waals surface area contributed by atoms with Gasteiger partial charge in [-0.25, -0.2) is 0 Å². The molecule has 1 heterocycles. The summed E-state index contributed by atoms with van der Waals surface area (Å²) in [6.45, 7) is 7.06. The minimum absolute atomic E-state index is 0.00302. The van der Waals surface area contributed by atoms with Gasteiger partial charge in [-0.1, -0.05) is 13.8 Å². The molecule has 0 radical (unpaired) electrons. The predicted molar refractivity (Wildman–Crippen MR) is 76.8 cm³/mol. The molecule has 6 heteroatoms. The highest BCUT2D eigenvalue weighted by Crippen LogP contribution is 2.31. The fourth-order valence-electron chi connectivity index (χ4n) is 2.16. The van der Waals surface area contributed by atoms with Gasteiger partial charge in [0, 0.05) is 25.9 Å². The lowest BCUT2D eigenvalue weighted by molar-refractivity contribution is -0.133. The largest absolute Gasteiger partial charge is 0.372 e. The fourth-order valence-corrected chi connectivity index (χ4v) is 3.39. The van der Waals surface area contributed by atoms with E-state index in [0.717, 1.165) is 0 Å². The number of aliphatic hydroxyl groups is 1. The van der Waals surface area contributed by atoms with E-state index in [0.29, 0.717) is 37.6 Å². The number of carbonyl (C=O) groups is 2. The molecule has 0 aromatic rings. The summed E-state index contributed by atoms with van der Waals surface area (Å²) < 4.78 is 0. The van der Waals surface area contributed by atoms with Crippen molar-refractivity contribution in [2.75, 3.05) is 13.1 Å². The lowest BCUT2D eigenvalue weighted by atomic mass is 10.3. The number of hydrogen-bond acceptors (Lipinski definition) is 4. The monoisotopic (exact) mass is 288 g/mol. The molecule has 1 fully saturated rings. The van der Waals surface area contributed by atoms with Gasteiger partial charge in [0.05, 0.1) is 5.25 Å². The third kappa shape index (κ3) is 5.03. The molecular weight excluding hydrogens is 264 g/mol. The van der Waals surface area contributed by atoms with Crippen molar-refractivity contribution in [1.82, 2.24) is 10.2 Å². The van der Waals surface area contributed by atoms with Crippen LogP contribution >= 0.6 is 11.8 Å². The molecule has 0 saturated carbocycles. The Kier molecular flexibility index (Phi) is 6.65. The third-order valence-corrected chi connectivity index (χ3v) is 4.28. The first-order valence-corrected chi connectivity index (χ1v) is 7.79. The molecule has 0 bridgehead atoms. The predicted octanol–water partition coefficient (Wildman–Crippen LogP) is 0.964. The topological polar surface area (TPSA) is 69.6 Å². The van der Waals surface area contributed by atoms with Gasteiger partial charge in [0.25, 0.3) is 0 Å². The molecule has 19 heavy (non-hydrogen) atoms. The Morgan fingerprint density at radius 2 is 2.26 bits per heavy atom. The van der Waals surface area contributed by atoms with Crippen molar-refractivity contribution >= 4 is 23.6 Å². The lowest BCUT2D eigenvalue weighted by Crippen LogP contribution is -2.37. The molecule has 5 nitrogen and oxygen atoms in total. The zero-order valence-electron chi connectivity index (χ0n) is 11.9. The van der Waals surface area contributed by atoms with Crippen LogP contribution in [0.1, 0.15) is 40.0 Å². The van der Waals surface area contributed by atoms with Crippen molar-refractivity contribution in [3.8, 4) is 0 Å². The molecule has 2 atom stereocenters. The highest BCUT2D eigenvalue weighted by Gasteiger charge is 2.38. The smallest absolute Gasteiger partial charge is 0.225 e. The van der Waals surface area contributed by atoms with E-state index in [-0.39, 0.29) is 17.1 Å². The van der Waals surface area contributed by atoms with Crippen molar-refractivity contribution in [3.63, 3.8) is 0 Å². The van der Waals surface area contributed by atoms with Crippen molar-refractivity contribution < 1.29 is 14.7 Å². The number of amides is 2. The Balaban J connectivity index is 2.37. The SMILES string of the molecule is CCNC(=O)CCCN1C(=O)CC(SC(C)C)C1O. The number of nitrogens with zero attached hydrogens (tertiary/aromatic N) is 1. The van der Waals surface area contributed by atoms with Crippen LogP contribution < -0.4 is 5.32 Å². The Morgan fingerprint density at radius 1 is 1.58 bits per heavy atom. The van der Waals surface area contributed by atoms with Crippen LogP contribution in [0.5, 0.6) is 0 Å². The Morgan fingerprint density at radius 3 is 2.84 bits per heavy atom. The molecule has 2 N–H and O–H groups in total. The highest BCUT2D eigenvalue weighted by atomic mass is 32.2. The van der Waals surface area contributed by atoms with Crippen LogP contribution in [0.4, 0.5) is 0 Å². The average molecular weight is 288 g/mol. The van der Waals surface area contributed by atoms with Crippen molar-refractivity contribution in [3.05, 3.63) is 0 Å². The molecule has 0 aromatic carbocycles. The van der Waals surface area contributed by atoms with Gasteiger partial charge in [-0.05, 0) is 18.6 Å². The number of thioether (sulfide) groups is 1. The Labute approximate surface area is 119 Å². The van der Waals surface area contributed by atoms with Crippen LogP contribution in [0.3, 0.4) is 0 Å². The van der Waals surface area contributed by atoms with E-state index in [2.05, 4.69) is 19.2 Å². The van der Waals surface area contributed by atoms with Crippen LogP contribution in [0.25, 0.3) is 0 Å². The van der Waals surface area contributed by atoms with E-state index in [1.807, 2.05) is 6.92 Å². The van der Waals surface area contributed by atoms with Crippen LogP contribution in [-0.2, 0) is 9.59 Å². The summed E-state index contributed by atoms with van der Waals surface area (Å²) >= 11 is 1.63. The fraction of sp³-hybridized carbons (Fsp3) is 0.846. The number of aliphatic hydroxyl groups excluding tert-OH is 1. The first-order chi connectivity index (χ1) is 8.95. The van der Waals surface area contributed by atoms with E-state index in [1.165, 1.54) is 4.90 Å². The maximum Gasteiger partial charge on any atom is 0.225 e. The Hall–Kier alpha value is -0.750. The minimum atomic E-state index is -0.714. The van der Waals surface area contributed by atoms with Gasteiger partial charge in [0.15, 0.2) is 0 Å². The van der Waals surface area contributed by atoms with Gasteiger partial charge in [-0.15, -0.1) is 0 Å². The van der Waals surface area contributed by atoms with Gasteiger partial charge in [0.2, 0.25) is 11.8 Å². The molecule has 2 unspecified atom stereocenters. The quantitative estimate of drug-likeness (QED) is 0.732. The molecule has 0 spiro atoms. The second-order valence-electron chi connectivity index (χ2n) is 4.99. The zero-order valence-corrected chi connectivity index (χ0v) is 12.7. The summed E-state index contributed by atoms with van der Waals surface area (Å²) in [5.74, 6) is -0.0155. The number of hydrogen-bond donors (Lipinski definition) is 2. The number of likely N-dealkylation sites (tertiary alicyclic amines) is 1. The van der Waals surface area contributed by atoms with Crippen LogP contribution in [-0.4, -0.2) is 51.6 Å². The zero-order chi connectivity index (χ0) is 14.4. The Bertz CT molecular complexity index is 323. The first kappa shape index (κ1) is 16.3.